The first-order valence-corrected chi connectivity index (χ1v) is 13.9. The quantitative estimate of drug-likeness (QED) is 0.350. The molecule has 11 nitrogen and oxygen atoms in total. The number of hydrogen-bond acceptors (Lipinski definition) is 9. The van der Waals surface area contributed by atoms with E-state index in [1.807, 2.05) is 13.8 Å². The first-order valence-electron chi connectivity index (χ1n) is 13.9. The number of anilines is 1. The van der Waals surface area contributed by atoms with E-state index in [0.717, 1.165) is 22.9 Å². The van der Waals surface area contributed by atoms with Gasteiger partial charge in [-0.25, -0.2) is 23.5 Å². The standard InChI is InChI=1S/C31H27F2N7O4/c1-5-21(42)38-12-13-39-19(14-38)20(41)7-6-18-23-28(24(33)26(36-18)22-17(32)9-11-35-30(22)43)40(31(44)37-29(23)39)27-16(4)8-10-34-25(27)15(2)3/h5-11,15,19H,1,12-14H2,2-4H3,(H,35,43)/b7-6-. The van der Waals surface area contributed by atoms with Crippen LogP contribution in [-0.2, 0) is 9.59 Å². The highest BCUT2D eigenvalue weighted by Crippen LogP contribution is 2.40. The van der Waals surface area contributed by atoms with Gasteiger partial charge in [-0.3, -0.25) is 19.1 Å². The predicted octanol–water partition coefficient (Wildman–Crippen LogP) is 3.45. The van der Waals surface area contributed by atoms with Crippen molar-refractivity contribution in [2.24, 2.45) is 0 Å². The molecular weight excluding hydrogens is 572 g/mol. The number of ketones is 1. The maximum absolute atomic E-state index is 17.0. The van der Waals surface area contributed by atoms with E-state index >= 15 is 8.78 Å². The lowest BCUT2D eigenvalue weighted by atomic mass is 9.99. The van der Waals surface area contributed by atoms with E-state index < -0.39 is 46.3 Å². The zero-order chi connectivity index (χ0) is 31.4. The van der Waals surface area contributed by atoms with Crippen LogP contribution in [0.25, 0.3) is 33.9 Å². The summed E-state index contributed by atoms with van der Waals surface area (Å²) < 4.78 is 33.2. The molecule has 2 aliphatic heterocycles. The monoisotopic (exact) mass is 599 g/mol. The maximum Gasteiger partial charge on any atom is 0.354 e. The summed E-state index contributed by atoms with van der Waals surface area (Å²) in [5.41, 5.74) is -0.975. The van der Waals surface area contributed by atoms with E-state index in [9.17, 15) is 19.5 Å². The Balaban J connectivity index is 1.77. The number of pyridine rings is 3. The van der Waals surface area contributed by atoms with E-state index in [4.69, 9.17) is 0 Å². The summed E-state index contributed by atoms with van der Waals surface area (Å²) >= 11 is 0. The fourth-order valence-corrected chi connectivity index (χ4v) is 5.81. The van der Waals surface area contributed by atoms with Gasteiger partial charge >= 0.3 is 5.69 Å². The third kappa shape index (κ3) is 4.43. The molecule has 13 heteroatoms. The molecule has 1 amide bonds. The Labute approximate surface area is 249 Å². The minimum Gasteiger partial charge on any atom is -0.493 e. The van der Waals surface area contributed by atoms with Crippen LogP contribution >= 0.6 is 0 Å². The molecule has 0 aliphatic carbocycles. The molecule has 0 radical (unpaired) electrons. The lowest BCUT2D eigenvalue weighted by Gasteiger charge is -2.41. The Morgan fingerprint density at radius 2 is 1.86 bits per heavy atom. The van der Waals surface area contributed by atoms with E-state index in [0.29, 0.717) is 16.9 Å². The van der Waals surface area contributed by atoms with Crippen molar-refractivity contribution in [1.29, 1.82) is 0 Å². The van der Waals surface area contributed by atoms with E-state index in [2.05, 4.69) is 26.5 Å². The molecule has 1 atom stereocenters. The van der Waals surface area contributed by atoms with Crippen LogP contribution in [0.15, 0.2) is 48.1 Å². The van der Waals surface area contributed by atoms with Gasteiger partial charge in [0, 0.05) is 32.0 Å². The van der Waals surface area contributed by atoms with Gasteiger partial charge in [-0.1, -0.05) is 20.4 Å². The van der Waals surface area contributed by atoms with Crippen molar-refractivity contribution in [3.05, 3.63) is 82.3 Å². The van der Waals surface area contributed by atoms with Crippen molar-refractivity contribution in [2.75, 3.05) is 24.5 Å². The fraction of sp³-hybridized carbons (Fsp3) is 0.258. The number of carbonyl (C=O) groups is 2. The second-order valence-electron chi connectivity index (χ2n) is 10.9. The minimum atomic E-state index is -1.11. The Bertz CT molecular complexity index is 1970. The number of aromatic hydroxyl groups is 1. The number of fused-ring (bicyclic) bond motifs is 2. The van der Waals surface area contributed by atoms with Crippen LogP contribution in [0, 0.1) is 18.6 Å². The van der Waals surface area contributed by atoms with E-state index in [1.54, 1.807) is 24.1 Å². The normalized spacial score (nSPS) is 17.0. The number of amides is 1. The van der Waals surface area contributed by atoms with Gasteiger partial charge < -0.3 is 14.9 Å². The van der Waals surface area contributed by atoms with Crippen LogP contribution in [0.2, 0.25) is 0 Å². The van der Waals surface area contributed by atoms with Gasteiger partial charge in [-0.2, -0.15) is 4.98 Å². The first kappa shape index (κ1) is 28.8. The van der Waals surface area contributed by atoms with Crippen molar-refractivity contribution < 1.29 is 23.5 Å². The molecule has 6 rings (SSSR count). The molecule has 0 saturated carbocycles. The number of hydrogen-bond donors (Lipinski definition) is 1. The van der Waals surface area contributed by atoms with Gasteiger partial charge in [0.25, 0.3) is 0 Å². The highest BCUT2D eigenvalue weighted by Gasteiger charge is 2.38. The molecule has 1 N–H and O–H groups in total. The maximum atomic E-state index is 17.0. The van der Waals surface area contributed by atoms with Gasteiger partial charge in [-0.05, 0) is 48.8 Å². The molecule has 1 saturated heterocycles. The van der Waals surface area contributed by atoms with Gasteiger partial charge in [0.05, 0.1) is 22.5 Å². The first-order chi connectivity index (χ1) is 21.0. The van der Waals surface area contributed by atoms with Crippen LogP contribution in [0.1, 0.15) is 36.7 Å². The molecule has 4 aromatic rings. The Hall–Kier alpha value is -5.33. The molecule has 44 heavy (non-hydrogen) atoms. The van der Waals surface area contributed by atoms with Crippen molar-refractivity contribution >= 4 is 34.5 Å². The molecule has 6 heterocycles. The van der Waals surface area contributed by atoms with Crippen LogP contribution < -0.4 is 10.6 Å². The average Bonchev–Trinajstić information content (AvgIpc) is 2.99. The number of rotatable bonds is 4. The van der Waals surface area contributed by atoms with Gasteiger partial charge in [0.2, 0.25) is 11.8 Å². The SMILES string of the molecule is C=CC(=O)N1CCN2c3nc(=O)n(-c4c(C)ccnc4C(C)C)c4c(F)c(-c5c(F)ccnc5O)nc(c34)/C=C\C(=O)C2C1. The molecule has 1 fully saturated rings. The van der Waals surface area contributed by atoms with Gasteiger partial charge in [-0.15, -0.1) is 0 Å². The summed E-state index contributed by atoms with van der Waals surface area (Å²) in [6.45, 7) is 9.28. The summed E-state index contributed by atoms with van der Waals surface area (Å²) in [5, 5.41) is 10.6. The second kappa shape index (κ2) is 10.7. The molecule has 2 aliphatic rings. The zero-order valence-corrected chi connectivity index (χ0v) is 24.1. The third-order valence-electron chi connectivity index (χ3n) is 7.90. The number of nitrogens with zero attached hydrogens (tertiary/aromatic N) is 7. The number of aromatic nitrogens is 5. The van der Waals surface area contributed by atoms with Crippen LogP contribution in [0.4, 0.5) is 14.6 Å². The van der Waals surface area contributed by atoms with Gasteiger partial charge in [0.15, 0.2) is 11.6 Å². The highest BCUT2D eigenvalue weighted by molar-refractivity contribution is 6.07. The Kier molecular flexibility index (Phi) is 7.02. The average molecular weight is 600 g/mol. The number of aryl methyl sites for hydroxylation is 1. The molecule has 224 valence electrons. The molecule has 0 aromatic carbocycles. The van der Waals surface area contributed by atoms with Crippen molar-refractivity contribution in [3.63, 3.8) is 0 Å². The summed E-state index contributed by atoms with van der Waals surface area (Å²) in [7, 11) is 0. The zero-order valence-electron chi connectivity index (χ0n) is 24.1. The molecule has 0 bridgehead atoms. The second-order valence-corrected chi connectivity index (χ2v) is 10.9. The Morgan fingerprint density at radius 1 is 1.11 bits per heavy atom. The minimum absolute atomic E-state index is 0.00822. The molecule has 4 aromatic heterocycles. The summed E-state index contributed by atoms with van der Waals surface area (Å²) in [6, 6.07) is 1.69. The lowest BCUT2D eigenvalue weighted by Crippen LogP contribution is -2.58. The predicted molar refractivity (Wildman–Crippen MR) is 159 cm³/mol. The fourth-order valence-electron chi connectivity index (χ4n) is 5.81. The van der Waals surface area contributed by atoms with Crippen molar-refractivity contribution in [3.8, 4) is 22.8 Å². The Morgan fingerprint density at radius 3 is 2.57 bits per heavy atom. The third-order valence-corrected chi connectivity index (χ3v) is 7.90. The van der Waals surface area contributed by atoms with E-state index in [-0.39, 0.29) is 53.9 Å². The number of halogens is 2. The van der Waals surface area contributed by atoms with Gasteiger partial charge in [0.1, 0.15) is 34.5 Å². The van der Waals surface area contributed by atoms with Crippen LogP contribution in [0.5, 0.6) is 5.88 Å². The van der Waals surface area contributed by atoms with E-state index in [1.165, 1.54) is 17.1 Å². The topological polar surface area (TPSA) is 134 Å². The largest absolute Gasteiger partial charge is 0.493 e. The highest BCUT2D eigenvalue weighted by atomic mass is 19.1. The molecule has 1 unspecified atom stereocenters. The van der Waals surface area contributed by atoms with Crippen molar-refractivity contribution in [1.82, 2.24) is 29.4 Å². The number of carbonyl (C=O) groups excluding carboxylic acids is 2. The summed E-state index contributed by atoms with van der Waals surface area (Å²) in [5.74, 6) is -3.88. The molecular formula is C31H27F2N7O4. The summed E-state index contributed by atoms with van der Waals surface area (Å²) in [6.07, 6.45) is 6.35. The molecule has 0 spiro atoms. The van der Waals surface area contributed by atoms with Crippen molar-refractivity contribution in [2.45, 2.75) is 32.7 Å². The van der Waals surface area contributed by atoms with Crippen LogP contribution in [0.3, 0.4) is 0 Å². The number of piperazine rings is 1. The lowest BCUT2D eigenvalue weighted by molar-refractivity contribution is -0.127. The summed E-state index contributed by atoms with van der Waals surface area (Å²) in [4.78, 5) is 59.9. The van der Waals surface area contributed by atoms with Crippen LogP contribution in [-0.4, -0.2) is 71.9 Å². The smallest absolute Gasteiger partial charge is 0.354 e.